The maximum Gasteiger partial charge on any atom is 0.244 e. The molecule has 106 valence electrons. The molecule has 1 heterocycles. The monoisotopic (exact) mass is 365 g/mol. The maximum atomic E-state index is 12.7. The molecule has 1 aliphatic heterocycles. The fraction of sp³-hybridized carbons (Fsp3) is 0.538. The largest absolute Gasteiger partial charge is 0.244 e. The van der Waals surface area contributed by atoms with Gasteiger partial charge >= 0.3 is 0 Å². The van der Waals surface area contributed by atoms with Gasteiger partial charge in [0.25, 0.3) is 0 Å². The van der Waals surface area contributed by atoms with Gasteiger partial charge in [-0.3, -0.25) is 0 Å². The van der Waals surface area contributed by atoms with Gasteiger partial charge in [-0.25, -0.2) is 8.42 Å². The van der Waals surface area contributed by atoms with Gasteiger partial charge < -0.3 is 0 Å². The molecule has 1 aromatic carbocycles. The van der Waals surface area contributed by atoms with Crippen molar-refractivity contribution >= 4 is 37.6 Å². The van der Waals surface area contributed by atoms with Crippen LogP contribution in [0.25, 0.3) is 0 Å². The number of halogens is 2. The number of sulfonamides is 1. The molecule has 0 spiro atoms. The van der Waals surface area contributed by atoms with Crippen molar-refractivity contribution in [1.82, 2.24) is 4.31 Å². The van der Waals surface area contributed by atoms with Crippen LogP contribution < -0.4 is 0 Å². The number of hydrogen-bond acceptors (Lipinski definition) is 2. The Labute approximate surface area is 128 Å². The Morgan fingerprint density at radius 3 is 2.74 bits per heavy atom. The van der Waals surface area contributed by atoms with Gasteiger partial charge in [-0.15, -0.1) is 0 Å². The molecule has 1 unspecified atom stereocenters. The van der Waals surface area contributed by atoms with E-state index >= 15 is 0 Å². The molecule has 0 bridgehead atoms. The molecule has 1 atom stereocenters. The Hall–Kier alpha value is -0.100. The Morgan fingerprint density at radius 1 is 1.32 bits per heavy atom. The lowest BCUT2D eigenvalue weighted by Gasteiger charge is -2.26. The van der Waals surface area contributed by atoms with Gasteiger partial charge in [-0.05, 0) is 38.0 Å². The molecule has 19 heavy (non-hydrogen) atoms. The fourth-order valence-electron chi connectivity index (χ4n) is 2.42. The van der Waals surface area contributed by atoms with Crippen molar-refractivity contribution in [3.05, 3.63) is 27.7 Å². The van der Waals surface area contributed by atoms with Crippen LogP contribution in [0.5, 0.6) is 0 Å². The van der Waals surface area contributed by atoms with Crippen LogP contribution in [0.1, 0.15) is 32.6 Å². The predicted molar refractivity (Wildman–Crippen MR) is 81.0 cm³/mol. The van der Waals surface area contributed by atoms with Gasteiger partial charge in [0.05, 0.1) is 5.02 Å². The molecule has 1 aliphatic rings. The molecule has 1 saturated heterocycles. The lowest BCUT2D eigenvalue weighted by atomic mass is 10.1. The molecule has 0 radical (unpaired) electrons. The minimum atomic E-state index is -3.50. The highest BCUT2D eigenvalue weighted by atomic mass is 79.9. The van der Waals surface area contributed by atoms with Crippen LogP contribution in [0.15, 0.2) is 27.6 Å². The van der Waals surface area contributed by atoms with Gasteiger partial charge in [0.1, 0.15) is 4.90 Å². The van der Waals surface area contributed by atoms with Crippen LogP contribution in [0.4, 0.5) is 0 Å². The normalized spacial score (nSPS) is 22.2. The molecule has 1 aromatic rings. The number of benzene rings is 1. The van der Waals surface area contributed by atoms with Crippen molar-refractivity contribution in [2.75, 3.05) is 6.54 Å². The predicted octanol–water partition coefficient (Wildman–Crippen LogP) is 4.06. The highest BCUT2D eigenvalue weighted by Crippen LogP contribution is 2.30. The summed E-state index contributed by atoms with van der Waals surface area (Å²) in [5.74, 6) is 0. The first-order chi connectivity index (χ1) is 8.93. The summed E-state index contributed by atoms with van der Waals surface area (Å²) in [6.07, 6.45) is 4.00. The van der Waals surface area contributed by atoms with E-state index in [0.29, 0.717) is 6.54 Å². The first-order valence-electron chi connectivity index (χ1n) is 6.40. The van der Waals surface area contributed by atoms with Crippen molar-refractivity contribution in [3.63, 3.8) is 0 Å². The zero-order chi connectivity index (χ0) is 14.0. The van der Waals surface area contributed by atoms with Crippen molar-refractivity contribution in [1.29, 1.82) is 0 Å². The number of rotatable bonds is 2. The summed E-state index contributed by atoms with van der Waals surface area (Å²) < 4.78 is 27.8. The molecule has 0 aliphatic carbocycles. The molecule has 6 heteroatoms. The molecule has 0 N–H and O–H groups in total. The van der Waals surface area contributed by atoms with E-state index in [9.17, 15) is 8.42 Å². The molecule has 3 nitrogen and oxygen atoms in total. The summed E-state index contributed by atoms with van der Waals surface area (Å²) in [6, 6.07) is 4.93. The van der Waals surface area contributed by atoms with E-state index < -0.39 is 10.0 Å². The third-order valence-corrected chi connectivity index (χ3v) is 6.46. The topological polar surface area (TPSA) is 37.4 Å². The average molecular weight is 367 g/mol. The van der Waals surface area contributed by atoms with E-state index in [1.54, 1.807) is 22.5 Å². The van der Waals surface area contributed by atoms with Crippen molar-refractivity contribution in [2.45, 2.75) is 43.5 Å². The SMILES string of the molecule is CC1CCCCCN1S(=O)(=O)c1ccc(Br)cc1Cl. The highest BCUT2D eigenvalue weighted by molar-refractivity contribution is 9.10. The lowest BCUT2D eigenvalue weighted by molar-refractivity contribution is 0.342. The standard InChI is InChI=1S/C13H17BrClNO2S/c1-10-5-3-2-4-8-16(10)19(17,18)13-7-6-11(14)9-12(13)15/h6-7,9-10H,2-5,8H2,1H3. The van der Waals surface area contributed by atoms with E-state index in [1.165, 1.54) is 0 Å². The third-order valence-electron chi connectivity index (χ3n) is 3.47. The molecule has 0 amide bonds. The second-order valence-corrected chi connectivity index (χ2v) is 8.07. The summed E-state index contributed by atoms with van der Waals surface area (Å²) >= 11 is 9.38. The smallest absolute Gasteiger partial charge is 0.207 e. The highest BCUT2D eigenvalue weighted by Gasteiger charge is 2.31. The van der Waals surface area contributed by atoms with Crippen molar-refractivity contribution in [3.8, 4) is 0 Å². The van der Waals surface area contributed by atoms with Crippen LogP contribution in [-0.2, 0) is 10.0 Å². The number of nitrogens with zero attached hydrogens (tertiary/aromatic N) is 1. The summed E-state index contributed by atoms with van der Waals surface area (Å²) in [6.45, 7) is 2.55. The Bertz CT molecular complexity index is 562. The first-order valence-corrected chi connectivity index (χ1v) is 9.01. The van der Waals surface area contributed by atoms with E-state index in [-0.39, 0.29) is 16.0 Å². The molecular formula is C13H17BrClNO2S. The molecule has 2 rings (SSSR count). The Kier molecular flexibility index (Phi) is 4.93. The molecule has 0 aromatic heterocycles. The van der Waals surface area contributed by atoms with Crippen LogP contribution >= 0.6 is 27.5 Å². The zero-order valence-corrected chi connectivity index (χ0v) is 13.9. The van der Waals surface area contributed by atoms with Gasteiger partial charge in [0.2, 0.25) is 10.0 Å². The van der Waals surface area contributed by atoms with Crippen LogP contribution in [0.3, 0.4) is 0 Å². The summed E-state index contributed by atoms with van der Waals surface area (Å²) in [5, 5.41) is 0.269. The Balaban J connectivity index is 2.40. The van der Waals surface area contributed by atoms with Gasteiger partial charge in [-0.1, -0.05) is 40.4 Å². The molecule has 0 saturated carbocycles. The summed E-state index contributed by atoms with van der Waals surface area (Å²) in [4.78, 5) is 0.200. The van der Waals surface area contributed by atoms with Crippen LogP contribution in [0, 0.1) is 0 Å². The molecule has 1 fully saturated rings. The quantitative estimate of drug-likeness (QED) is 0.791. The third kappa shape index (κ3) is 3.32. The lowest BCUT2D eigenvalue weighted by Crippen LogP contribution is -2.38. The van der Waals surface area contributed by atoms with Crippen molar-refractivity contribution < 1.29 is 8.42 Å². The second kappa shape index (κ2) is 6.12. The van der Waals surface area contributed by atoms with Gasteiger partial charge in [0, 0.05) is 17.1 Å². The summed E-state index contributed by atoms with van der Waals surface area (Å²) in [5.41, 5.74) is 0. The summed E-state index contributed by atoms with van der Waals surface area (Å²) in [7, 11) is -3.50. The minimum Gasteiger partial charge on any atom is -0.207 e. The van der Waals surface area contributed by atoms with E-state index in [2.05, 4.69) is 15.9 Å². The Morgan fingerprint density at radius 2 is 2.05 bits per heavy atom. The van der Waals surface area contributed by atoms with Gasteiger partial charge in [-0.2, -0.15) is 4.31 Å². The van der Waals surface area contributed by atoms with Gasteiger partial charge in [0.15, 0.2) is 0 Å². The van der Waals surface area contributed by atoms with E-state index in [0.717, 1.165) is 30.2 Å². The zero-order valence-electron chi connectivity index (χ0n) is 10.8. The minimum absolute atomic E-state index is 0.0345. The number of hydrogen-bond donors (Lipinski definition) is 0. The second-order valence-electron chi connectivity index (χ2n) is 4.89. The first kappa shape index (κ1) is 15.3. The van der Waals surface area contributed by atoms with E-state index in [4.69, 9.17) is 11.6 Å². The van der Waals surface area contributed by atoms with Crippen molar-refractivity contribution in [2.24, 2.45) is 0 Å². The molecular weight excluding hydrogens is 350 g/mol. The van der Waals surface area contributed by atoms with E-state index in [1.807, 2.05) is 6.92 Å². The average Bonchev–Trinajstić information content (AvgIpc) is 2.53. The maximum absolute atomic E-state index is 12.7. The van der Waals surface area contributed by atoms with Crippen LogP contribution in [0.2, 0.25) is 5.02 Å². The van der Waals surface area contributed by atoms with Crippen LogP contribution in [-0.4, -0.2) is 25.3 Å². The fourth-order valence-corrected chi connectivity index (χ4v) is 5.13.